The first-order chi connectivity index (χ1) is 9.67. The van der Waals surface area contributed by atoms with Crippen LogP contribution in [0.5, 0.6) is 0 Å². The smallest absolute Gasteiger partial charge is 0.220 e. The Morgan fingerprint density at radius 3 is 2.60 bits per heavy atom. The molecule has 0 aromatic carbocycles. The van der Waals surface area contributed by atoms with Crippen LogP contribution >= 0.6 is 0 Å². The molecule has 0 aliphatic rings. The molecule has 0 radical (unpaired) electrons. The average molecular weight is 270 g/mol. The molecule has 2 aromatic heterocycles. The Morgan fingerprint density at radius 2 is 2.05 bits per heavy atom. The molecule has 0 spiro atoms. The van der Waals surface area contributed by atoms with Gasteiger partial charge in [-0.1, -0.05) is 13.8 Å². The number of anilines is 3. The van der Waals surface area contributed by atoms with Gasteiger partial charge >= 0.3 is 0 Å². The number of amides is 1. The normalized spacial score (nSPS) is 10.4. The molecule has 0 fully saturated rings. The fourth-order valence-electron chi connectivity index (χ4n) is 1.90. The van der Waals surface area contributed by atoms with Crippen molar-refractivity contribution >= 4 is 23.6 Å². The van der Waals surface area contributed by atoms with Crippen LogP contribution in [0.1, 0.15) is 25.5 Å². The van der Waals surface area contributed by atoms with E-state index in [1.165, 1.54) is 4.90 Å². The summed E-state index contributed by atoms with van der Waals surface area (Å²) in [6.45, 7) is 4.16. The molecule has 20 heavy (non-hydrogen) atoms. The molecule has 5 heteroatoms. The first kappa shape index (κ1) is 14.0. The summed E-state index contributed by atoms with van der Waals surface area (Å²) in [4.78, 5) is 21.5. The van der Waals surface area contributed by atoms with E-state index in [0.29, 0.717) is 17.4 Å². The molecular weight excluding hydrogens is 252 g/mol. The molecule has 0 saturated carbocycles. The average Bonchev–Trinajstić information content (AvgIpc) is 2.49. The maximum absolute atomic E-state index is 11.4. The first-order valence-electron chi connectivity index (χ1n) is 6.50. The van der Waals surface area contributed by atoms with E-state index in [4.69, 9.17) is 0 Å². The fourth-order valence-corrected chi connectivity index (χ4v) is 1.90. The predicted octanol–water partition coefficient (Wildman–Crippen LogP) is 2.94. The van der Waals surface area contributed by atoms with Gasteiger partial charge in [-0.2, -0.15) is 0 Å². The van der Waals surface area contributed by atoms with Gasteiger partial charge in [0, 0.05) is 18.9 Å². The van der Waals surface area contributed by atoms with Crippen molar-refractivity contribution in [1.82, 2.24) is 9.97 Å². The van der Waals surface area contributed by atoms with Crippen LogP contribution in [0.15, 0.2) is 36.7 Å². The fraction of sp³-hybridized carbons (Fsp3) is 0.267. The summed E-state index contributed by atoms with van der Waals surface area (Å²) < 4.78 is 0. The zero-order chi connectivity index (χ0) is 14.5. The van der Waals surface area contributed by atoms with E-state index < -0.39 is 0 Å². The largest absolute Gasteiger partial charge is 0.385 e. The summed E-state index contributed by atoms with van der Waals surface area (Å²) in [6, 6.07) is 7.50. The molecule has 0 unspecified atom stereocenters. The van der Waals surface area contributed by atoms with Crippen LogP contribution in [-0.4, -0.2) is 23.4 Å². The highest BCUT2D eigenvalue weighted by Crippen LogP contribution is 2.28. The minimum absolute atomic E-state index is 0.358. The Hall–Kier alpha value is -2.43. The van der Waals surface area contributed by atoms with Gasteiger partial charge in [0.25, 0.3) is 0 Å². The van der Waals surface area contributed by atoms with Gasteiger partial charge in [-0.15, -0.1) is 0 Å². The van der Waals surface area contributed by atoms with E-state index in [1.54, 1.807) is 19.4 Å². The van der Waals surface area contributed by atoms with Crippen LogP contribution in [0, 0.1) is 0 Å². The second-order valence-corrected chi connectivity index (χ2v) is 4.70. The molecule has 2 rings (SSSR count). The summed E-state index contributed by atoms with van der Waals surface area (Å²) >= 11 is 0. The molecule has 0 bridgehead atoms. The minimum Gasteiger partial charge on any atom is -0.385 e. The molecule has 0 aliphatic heterocycles. The van der Waals surface area contributed by atoms with Gasteiger partial charge in [-0.3, -0.25) is 14.7 Å². The van der Waals surface area contributed by atoms with E-state index in [2.05, 4.69) is 29.1 Å². The van der Waals surface area contributed by atoms with E-state index in [1.807, 2.05) is 24.3 Å². The van der Waals surface area contributed by atoms with Gasteiger partial charge in [0.15, 0.2) is 5.82 Å². The van der Waals surface area contributed by atoms with Gasteiger partial charge < -0.3 is 5.32 Å². The number of nitrogens with zero attached hydrogens (tertiary/aromatic N) is 3. The molecular formula is C15H18N4O. The zero-order valence-electron chi connectivity index (χ0n) is 11.9. The number of aromatic nitrogens is 2. The highest BCUT2D eigenvalue weighted by molar-refractivity contribution is 5.89. The number of nitrogens with one attached hydrogen (secondary N) is 1. The van der Waals surface area contributed by atoms with Crippen molar-refractivity contribution in [3.63, 3.8) is 0 Å². The summed E-state index contributed by atoms with van der Waals surface area (Å²) in [5, 5.41) is 3.03. The minimum atomic E-state index is 0.358. The third kappa shape index (κ3) is 2.77. The summed E-state index contributed by atoms with van der Waals surface area (Å²) in [7, 11) is 1.80. The second-order valence-electron chi connectivity index (χ2n) is 4.70. The molecule has 2 heterocycles. The van der Waals surface area contributed by atoms with E-state index in [0.717, 1.165) is 17.8 Å². The molecule has 0 aliphatic carbocycles. The number of pyridine rings is 2. The lowest BCUT2D eigenvalue weighted by Crippen LogP contribution is -2.17. The van der Waals surface area contributed by atoms with Crippen molar-refractivity contribution in [2.45, 2.75) is 19.8 Å². The first-order valence-corrected chi connectivity index (χ1v) is 6.50. The van der Waals surface area contributed by atoms with Crippen LogP contribution in [0.4, 0.5) is 17.2 Å². The van der Waals surface area contributed by atoms with Crippen LogP contribution in [0.25, 0.3) is 0 Å². The van der Waals surface area contributed by atoms with Gasteiger partial charge in [-0.05, 0) is 30.2 Å². The van der Waals surface area contributed by atoms with Gasteiger partial charge in [0.1, 0.15) is 0 Å². The lowest BCUT2D eigenvalue weighted by atomic mass is 10.1. The van der Waals surface area contributed by atoms with Crippen molar-refractivity contribution in [3.05, 3.63) is 42.4 Å². The molecule has 0 atom stereocenters. The van der Waals surface area contributed by atoms with Crippen molar-refractivity contribution in [2.24, 2.45) is 0 Å². The Labute approximate surface area is 118 Å². The van der Waals surface area contributed by atoms with E-state index in [-0.39, 0.29) is 0 Å². The van der Waals surface area contributed by atoms with Crippen molar-refractivity contribution in [2.75, 3.05) is 17.3 Å². The quantitative estimate of drug-likeness (QED) is 0.849. The third-order valence-corrected chi connectivity index (χ3v) is 3.03. The van der Waals surface area contributed by atoms with Gasteiger partial charge in [-0.25, -0.2) is 4.98 Å². The van der Waals surface area contributed by atoms with Crippen LogP contribution in [0.3, 0.4) is 0 Å². The van der Waals surface area contributed by atoms with Crippen LogP contribution in [-0.2, 0) is 4.79 Å². The van der Waals surface area contributed by atoms with Crippen molar-refractivity contribution in [1.29, 1.82) is 0 Å². The monoisotopic (exact) mass is 270 g/mol. The predicted molar refractivity (Wildman–Crippen MR) is 80.3 cm³/mol. The maximum atomic E-state index is 11.4. The van der Waals surface area contributed by atoms with Gasteiger partial charge in [0.05, 0.1) is 17.6 Å². The van der Waals surface area contributed by atoms with Crippen molar-refractivity contribution in [3.8, 4) is 0 Å². The van der Waals surface area contributed by atoms with E-state index >= 15 is 0 Å². The number of hydrogen-bond acceptors (Lipinski definition) is 4. The Balaban J connectivity index is 2.39. The molecule has 0 saturated heterocycles. The summed E-state index contributed by atoms with van der Waals surface area (Å²) in [5.74, 6) is 0.917. The molecule has 2 aromatic rings. The van der Waals surface area contributed by atoms with Crippen LogP contribution in [0.2, 0.25) is 0 Å². The van der Waals surface area contributed by atoms with Gasteiger partial charge in [0.2, 0.25) is 6.41 Å². The Morgan fingerprint density at radius 1 is 1.25 bits per heavy atom. The molecule has 5 nitrogen and oxygen atoms in total. The second kappa shape index (κ2) is 6.14. The SMILES string of the molecule is CNc1cccnc1N(C=O)c1ccc(C(C)C)nc1. The molecule has 1 amide bonds. The highest BCUT2D eigenvalue weighted by Gasteiger charge is 2.14. The zero-order valence-corrected chi connectivity index (χ0v) is 11.9. The summed E-state index contributed by atoms with van der Waals surface area (Å²) in [6.07, 6.45) is 4.09. The number of carbonyl (C=O) groups excluding carboxylic acids is 1. The van der Waals surface area contributed by atoms with E-state index in [9.17, 15) is 4.79 Å². The molecule has 1 N–H and O–H groups in total. The lowest BCUT2D eigenvalue weighted by molar-refractivity contribution is -0.106. The molecule has 104 valence electrons. The number of carbonyl (C=O) groups is 1. The lowest BCUT2D eigenvalue weighted by Gasteiger charge is -2.19. The number of rotatable bonds is 5. The standard InChI is InChI=1S/C15H18N4O/c1-11(2)13-7-6-12(9-18-13)19(10-20)15-14(16-3)5-4-8-17-15/h4-11,16H,1-3H3. The maximum Gasteiger partial charge on any atom is 0.220 e. The Kier molecular flexibility index (Phi) is 4.30. The number of hydrogen-bond donors (Lipinski definition) is 1. The Bertz CT molecular complexity index is 581. The highest BCUT2D eigenvalue weighted by atomic mass is 16.1. The van der Waals surface area contributed by atoms with Crippen LogP contribution < -0.4 is 10.2 Å². The topological polar surface area (TPSA) is 58.1 Å². The third-order valence-electron chi connectivity index (χ3n) is 3.03. The van der Waals surface area contributed by atoms with Crippen molar-refractivity contribution < 1.29 is 4.79 Å². The summed E-state index contributed by atoms with van der Waals surface area (Å²) in [5.41, 5.74) is 2.47.